The summed E-state index contributed by atoms with van der Waals surface area (Å²) in [7, 11) is 0. The molecule has 21 N–H and O–H groups in total. The molecule has 0 aliphatic carbocycles. The lowest BCUT2D eigenvalue weighted by Gasteiger charge is -2.51. The van der Waals surface area contributed by atoms with Crippen LogP contribution < -0.4 is 0 Å². The Morgan fingerprint density at radius 2 is 0.831 bits per heavy atom. The minimum absolute atomic E-state index is 0.940. The van der Waals surface area contributed by atoms with Crippen LogP contribution in [0.2, 0.25) is 0 Å². The predicted molar refractivity (Wildman–Crippen MR) is 210 cm³/mol. The molecule has 0 amide bonds. The Labute approximate surface area is 399 Å². The summed E-state index contributed by atoms with van der Waals surface area (Å²) in [6.45, 7) is -6.33. The Morgan fingerprint density at radius 3 is 1.25 bits per heavy atom. The van der Waals surface area contributed by atoms with Crippen molar-refractivity contribution in [1.82, 2.24) is 0 Å². The molecule has 6 heterocycles. The average molecular weight is 1050 g/mol. The monoisotopic (exact) mass is 1050 g/mol. The van der Waals surface area contributed by atoms with Crippen LogP contribution >= 0.6 is 0 Å². The summed E-state index contributed by atoms with van der Waals surface area (Å²) < 4.78 is 62.7. The van der Waals surface area contributed by atoms with E-state index in [-0.39, 0.29) is 0 Å². The normalized spacial score (nSPS) is 51.4. The van der Waals surface area contributed by atoms with Crippen molar-refractivity contribution in [2.24, 2.45) is 0 Å². The summed E-state index contributed by atoms with van der Waals surface area (Å²) in [6.07, 6.45) is -61.2. The van der Waals surface area contributed by atoms with Crippen molar-refractivity contribution in [2.45, 2.75) is 190 Å². The molecular formula is C38H64O33. The van der Waals surface area contributed by atoms with Gasteiger partial charge in [0.1, 0.15) is 140 Å². The molecule has 71 heavy (non-hydrogen) atoms. The van der Waals surface area contributed by atoms with Crippen LogP contribution in [-0.4, -0.2) is 337 Å². The molecule has 0 saturated carbocycles. The summed E-state index contributed by atoms with van der Waals surface area (Å²) in [5.41, 5.74) is 0. The van der Waals surface area contributed by atoms with E-state index in [9.17, 15) is 112 Å². The second-order valence-electron chi connectivity index (χ2n) is 17.8. The van der Waals surface area contributed by atoms with Gasteiger partial charge in [-0.05, 0) is 0 Å². The van der Waals surface area contributed by atoms with Crippen molar-refractivity contribution in [3.63, 3.8) is 0 Å². The maximum absolute atomic E-state index is 12.1. The summed E-state index contributed by atoms with van der Waals surface area (Å²) >= 11 is 0. The number of aliphatic hydroxyl groups excluding tert-OH is 19. The SMILES string of the molecule is O=C(O)[C@@]1(O)C[C@@H](O)[C@@H](O[C@H]2O[C@H](CO[C@@H]3O[C@H](CO)[C@@H](O)[C@H](O)[C@H]3O[C@H]3O[C@H](CO)[C@@H](O)[C@H](O)[C@H]3O)[C@@H](O[C@@H]3O[C@H](CO)[C@@H](O)[C@H](O)[C@H]3O)[C@H](O[C@@H]3O[C@H](CO)[C@@H](O)[C@H](O)[C@H]3O)[C@H]2O)[C@@H]([C@H](O)CO)O1. The highest BCUT2D eigenvalue weighted by Gasteiger charge is 2.59. The van der Waals surface area contributed by atoms with E-state index in [0.29, 0.717) is 0 Å². The third-order valence-corrected chi connectivity index (χ3v) is 13.0. The lowest BCUT2D eigenvalue weighted by atomic mass is 9.92. The van der Waals surface area contributed by atoms with Gasteiger partial charge in [-0.3, -0.25) is 0 Å². The molecule has 6 rings (SSSR count). The summed E-state index contributed by atoms with van der Waals surface area (Å²) in [4.78, 5) is 12.0. The van der Waals surface area contributed by atoms with Crippen molar-refractivity contribution < 1.29 is 164 Å². The van der Waals surface area contributed by atoms with E-state index in [1.54, 1.807) is 0 Å². The number of carboxylic acids is 1. The highest BCUT2D eigenvalue weighted by Crippen LogP contribution is 2.39. The van der Waals surface area contributed by atoms with E-state index >= 15 is 0 Å². The fourth-order valence-corrected chi connectivity index (χ4v) is 8.81. The molecule has 0 unspecified atom stereocenters. The zero-order valence-electron chi connectivity index (χ0n) is 37.0. The van der Waals surface area contributed by atoms with Crippen LogP contribution in [0.3, 0.4) is 0 Å². The van der Waals surface area contributed by atoms with Gasteiger partial charge in [-0.2, -0.15) is 0 Å². The number of ether oxygens (including phenoxy) is 11. The topological polar surface area (TPSA) is 543 Å². The lowest BCUT2D eigenvalue weighted by Crippen LogP contribution is -2.69. The first kappa shape index (κ1) is 58.5. The minimum atomic E-state index is -3.21. The standard InChI is InChI=1S/C38H64O33/c39-2-9(45)28-27(8(44)1-38(60,71-28)37(58)59)67-35-26(57)30(69-33-24(55)20(51)16(47)11(4-41)63-33)29(68-32-23(54)19(50)15(46)10(3-40)62-32)14(66-35)7-61-36-31(22(53)18(49)13(6-43)65-36)70-34-25(56)21(52)17(48)12(5-42)64-34/h8-36,39-57,60H,1-7H2,(H,58,59)/t8-,9-,10-,11-,12-,13-,14-,15-,16-,17-,18-,19+,20+,21+,22+,23-,24-,25-,26-,27-,28-,29-,30-,31-,32+,33+,34-,35-,36-,38-/m1/s1. The number of rotatable bonds is 18. The third-order valence-electron chi connectivity index (χ3n) is 13.0. The zero-order valence-corrected chi connectivity index (χ0v) is 37.0. The fourth-order valence-electron chi connectivity index (χ4n) is 8.81. The molecule has 0 radical (unpaired) electrons. The lowest BCUT2D eigenvalue weighted by molar-refractivity contribution is -0.405. The first-order valence-electron chi connectivity index (χ1n) is 22.2. The van der Waals surface area contributed by atoms with E-state index in [1.165, 1.54) is 0 Å². The summed E-state index contributed by atoms with van der Waals surface area (Å²) in [5.74, 6) is -5.27. The second-order valence-corrected chi connectivity index (χ2v) is 17.8. The largest absolute Gasteiger partial charge is 0.477 e. The van der Waals surface area contributed by atoms with Crippen LogP contribution in [0.25, 0.3) is 0 Å². The van der Waals surface area contributed by atoms with Gasteiger partial charge in [-0.15, -0.1) is 0 Å². The second kappa shape index (κ2) is 24.5. The van der Waals surface area contributed by atoms with Gasteiger partial charge in [0.25, 0.3) is 5.79 Å². The Kier molecular flexibility index (Phi) is 20.2. The summed E-state index contributed by atoms with van der Waals surface area (Å²) in [6, 6.07) is 0. The Bertz CT molecular complexity index is 1670. The highest BCUT2D eigenvalue weighted by atomic mass is 16.8. The molecular weight excluding hydrogens is 984 g/mol. The van der Waals surface area contributed by atoms with Crippen molar-refractivity contribution >= 4 is 5.97 Å². The van der Waals surface area contributed by atoms with Crippen LogP contribution in [0.4, 0.5) is 0 Å². The molecule has 0 aromatic heterocycles. The molecule has 33 nitrogen and oxygen atoms in total. The zero-order chi connectivity index (χ0) is 52.5. The van der Waals surface area contributed by atoms with E-state index in [2.05, 4.69) is 0 Å². The molecule has 0 spiro atoms. The van der Waals surface area contributed by atoms with Crippen molar-refractivity contribution in [1.29, 1.82) is 0 Å². The minimum Gasteiger partial charge on any atom is -0.477 e. The molecule has 0 aromatic rings. The van der Waals surface area contributed by atoms with E-state index in [4.69, 9.17) is 52.1 Å². The van der Waals surface area contributed by atoms with Crippen LogP contribution in [0.5, 0.6) is 0 Å². The van der Waals surface area contributed by atoms with E-state index in [0.717, 1.165) is 0 Å². The molecule has 6 aliphatic rings. The number of aliphatic hydroxyl groups is 20. The quantitative estimate of drug-likeness (QED) is 0.0606. The maximum atomic E-state index is 12.1. The first-order valence-corrected chi connectivity index (χ1v) is 22.2. The smallest absolute Gasteiger partial charge is 0.364 e. The van der Waals surface area contributed by atoms with Crippen molar-refractivity contribution in [2.75, 3.05) is 39.6 Å². The molecule has 6 saturated heterocycles. The van der Waals surface area contributed by atoms with Crippen molar-refractivity contribution in [3.8, 4) is 0 Å². The highest BCUT2D eigenvalue weighted by molar-refractivity contribution is 5.75. The molecule has 0 aromatic carbocycles. The number of carbonyl (C=O) groups is 1. The molecule has 6 fully saturated rings. The Hall–Kier alpha value is -1.77. The van der Waals surface area contributed by atoms with Crippen LogP contribution in [0, 0.1) is 0 Å². The third kappa shape index (κ3) is 12.1. The molecule has 33 heteroatoms. The van der Waals surface area contributed by atoms with Gasteiger partial charge >= 0.3 is 5.97 Å². The maximum Gasteiger partial charge on any atom is 0.364 e. The van der Waals surface area contributed by atoms with Gasteiger partial charge < -0.3 is 159 Å². The van der Waals surface area contributed by atoms with Gasteiger partial charge in [0.15, 0.2) is 31.5 Å². The Morgan fingerprint density at radius 1 is 0.465 bits per heavy atom. The predicted octanol–water partition coefficient (Wildman–Crippen LogP) is -14.3. The first-order chi connectivity index (χ1) is 33.5. The van der Waals surface area contributed by atoms with Crippen LogP contribution in [-0.2, 0) is 56.9 Å². The number of carboxylic acid groups (broad SMARTS) is 1. The van der Waals surface area contributed by atoms with Gasteiger partial charge in [-0.1, -0.05) is 0 Å². The van der Waals surface area contributed by atoms with Gasteiger partial charge in [0, 0.05) is 6.42 Å². The summed E-state index contributed by atoms with van der Waals surface area (Å²) in [5, 5.41) is 222. The number of hydrogen-bond acceptors (Lipinski definition) is 32. The van der Waals surface area contributed by atoms with Gasteiger partial charge in [0.05, 0.1) is 45.7 Å². The van der Waals surface area contributed by atoms with Gasteiger partial charge in [-0.25, -0.2) is 4.79 Å². The average Bonchev–Trinajstić information content (AvgIpc) is 3.34. The number of aliphatic carboxylic acids is 1. The fraction of sp³-hybridized carbons (Fsp3) is 0.974. The molecule has 0 bridgehead atoms. The van der Waals surface area contributed by atoms with E-state index < -0.39 is 236 Å². The molecule has 414 valence electrons. The van der Waals surface area contributed by atoms with Crippen LogP contribution in [0.1, 0.15) is 6.42 Å². The molecule has 6 aliphatic heterocycles. The number of hydrogen-bond donors (Lipinski definition) is 21. The van der Waals surface area contributed by atoms with Gasteiger partial charge in [0.2, 0.25) is 0 Å². The van der Waals surface area contributed by atoms with Crippen molar-refractivity contribution in [3.05, 3.63) is 0 Å². The molecule has 30 atom stereocenters. The Balaban J connectivity index is 1.41. The van der Waals surface area contributed by atoms with E-state index in [1.807, 2.05) is 0 Å². The van der Waals surface area contributed by atoms with Crippen LogP contribution in [0.15, 0.2) is 0 Å².